The Morgan fingerprint density at radius 1 is 0.429 bits per heavy atom. The predicted molar refractivity (Wildman–Crippen MR) is 312 cm³/mol. The number of hydrogen-bond donors (Lipinski definition) is 3. The Hall–Kier alpha value is -5.40. The number of carbonyl (C=O) groups is 4. The molecule has 0 aromatic heterocycles. The van der Waals surface area contributed by atoms with Crippen molar-refractivity contribution >= 4 is 23.9 Å². The van der Waals surface area contributed by atoms with E-state index in [2.05, 4.69) is 148 Å². The molecule has 1 fully saturated rings. The fourth-order valence-corrected chi connectivity index (χ4v) is 7.60. The van der Waals surface area contributed by atoms with Gasteiger partial charge in [0.2, 0.25) is 0 Å². The Morgan fingerprint density at radius 2 is 0.805 bits per heavy atom. The third-order valence-electron chi connectivity index (χ3n) is 11.9. The second-order valence-electron chi connectivity index (χ2n) is 18.8. The molecule has 0 aromatic rings. The van der Waals surface area contributed by atoms with Crippen molar-refractivity contribution in [1.29, 1.82) is 0 Å². The van der Waals surface area contributed by atoms with Gasteiger partial charge in [-0.3, -0.25) is 14.4 Å². The van der Waals surface area contributed by atoms with Crippen LogP contribution >= 0.6 is 0 Å². The molecule has 6 atom stereocenters. The highest BCUT2D eigenvalue weighted by atomic mass is 16.7. The summed E-state index contributed by atoms with van der Waals surface area (Å²) in [6, 6.07) is 0. The molecule has 12 nitrogen and oxygen atoms in total. The maximum Gasteiger partial charge on any atom is 0.335 e. The molecule has 0 bridgehead atoms. The van der Waals surface area contributed by atoms with E-state index >= 15 is 0 Å². The number of aliphatic hydroxyl groups is 2. The molecule has 1 saturated heterocycles. The first-order valence-corrected chi connectivity index (χ1v) is 28.8. The predicted octanol–water partition coefficient (Wildman–Crippen LogP) is 14.8. The number of aliphatic hydroxyl groups excluding tert-OH is 2. The monoisotopic (exact) mass is 1070 g/mol. The van der Waals surface area contributed by atoms with Gasteiger partial charge in [0.25, 0.3) is 0 Å². The number of aliphatic carboxylic acids is 1. The minimum atomic E-state index is -1.94. The molecular formula is C65H98O12. The van der Waals surface area contributed by atoms with Gasteiger partial charge >= 0.3 is 23.9 Å². The summed E-state index contributed by atoms with van der Waals surface area (Å²) in [4.78, 5) is 51.0. The molecule has 1 rings (SSSR count). The van der Waals surface area contributed by atoms with Crippen LogP contribution in [-0.4, -0.2) is 89.2 Å². The molecule has 6 unspecified atom stereocenters. The quantitative estimate of drug-likeness (QED) is 0.0228. The SMILES string of the molecule is CC/C=C\C/C=C\C/C=C\C/C=C\C/C=C\C/C=C\CCC(=O)OC1C(OCC(COC(=O)CCCCCCC/C=C\C/C=C\C/C=C\CC)OC(=O)CCCCC/C=C\C/C=C\C/C=C\CC)OC(C(=O)O)C(O)C1O. The van der Waals surface area contributed by atoms with Crippen LogP contribution in [0.1, 0.15) is 188 Å². The number of rotatable bonds is 46. The third kappa shape index (κ3) is 41.4. The molecule has 3 N–H and O–H groups in total. The normalized spacial score (nSPS) is 19.1. The largest absolute Gasteiger partial charge is 0.479 e. The Balaban J connectivity index is 2.77. The summed E-state index contributed by atoms with van der Waals surface area (Å²) >= 11 is 0. The fraction of sp³-hybridized carbons (Fsp3) is 0.569. The van der Waals surface area contributed by atoms with Gasteiger partial charge in [0, 0.05) is 19.3 Å². The molecule has 1 heterocycles. The molecule has 0 amide bonds. The first-order chi connectivity index (χ1) is 37.6. The van der Waals surface area contributed by atoms with Gasteiger partial charge in [0.1, 0.15) is 18.8 Å². The number of hydrogen-bond acceptors (Lipinski definition) is 11. The molecule has 0 aromatic carbocycles. The summed E-state index contributed by atoms with van der Waals surface area (Å²) in [5, 5.41) is 31.4. The number of carboxylic acid groups (broad SMARTS) is 1. The van der Waals surface area contributed by atoms with E-state index in [1.54, 1.807) is 0 Å². The maximum atomic E-state index is 13.1. The van der Waals surface area contributed by atoms with Crippen molar-refractivity contribution in [3.8, 4) is 0 Å². The van der Waals surface area contributed by atoms with Gasteiger partial charge < -0.3 is 39.0 Å². The summed E-state index contributed by atoms with van der Waals surface area (Å²) in [5.41, 5.74) is 0. The maximum absolute atomic E-state index is 13.1. The fourth-order valence-electron chi connectivity index (χ4n) is 7.60. The molecule has 1 aliphatic heterocycles. The van der Waals surface area contributed by atoms with Crippen molar-refractivity contribution in [3.05, 3.63) is 146 Å². The van der Waals surface area contributed by atoms with Gasteiger partial charge in [0.05, 0.1) is 6.61 Å². The lowest BCUT2D eigenvalue weighted by molar-refractivity contribution is -0.301. The Kier molecular flexibility index (Phi) is 46.4. The third-order valence-corrected chi connectivity index (χ3v) is 11.9. The Bertz CT molecular complexity index is 1890. The van der Waals surface area contributed by atoms with Crippen molar-refractivity contribution in [2.24, 2.45) is 0 Å². The van der Waals surface area contributed by atoms with Crippen LogP contribution < -0.4 is 0 Å². The average molecular weight is 1070 g/mol. The zero-order valence-electron chi connectivity index (χ0n) is 47.1. The van der Waals surface area contributed by atoms with Gasteiger partial charge in [-0.1, -0.05) is 192 Å². The summed E-state index contributed by atoms with van der Waals surface area (Å²) in [7, 11) is 0. The van der Waals surface area contributed by atoms with Gasteiger partial charge in [-0.15, -0.1) is 0 Å². The average Bonchev–Trinajstić information content (AvgIpc) is 3.42. The molecule has 0 spiro atoms. The first-order valence-electron chi connectivity index (χ1n) is 28.8. The number of unbranched alkanes of at least 4 members (excludes halogenated alkanes) is 8. The molecule has 0 aliphatic carbocycles. The van der Waals surface area contributed by atoms with Crippen molar-refractivity contribution in [3.63, 3.8) is 0 Å². The number of ether oxygens (including phenoxy) is 5. The lowest BCUT2D eigenvalue weighted by Gasteiger charge is -2.40. The molecule has 0 saturated carbocycles. The van der Waals surface area contributed by atoms with Crippen molar-refractivity contribution in [2.45, 2.75) is 225 Å². The van der Waals surface area contributed by atoms with Crippen LogP contribution in [0.3, 0.4) is 0 Å². The van der Waals surface area contributed by atoms with Crippen molar-refractivity contribution < 1.29 is 58.2 Å². The number of carbonyl (C=O) groups excluding carboxylic acids is 3. The highest BCUT2D eigenvalue weighted by molar-refractivity contribution is 5.74. The van der Waals surface area contributed by atoms with E-state index in [4.69, 9.17) is 23.7 Å². The van der Waals surface area contributed by atoms with Gasteiger partial charge in [-0.05, 0) is 122 Å². The van der Waals surface area contributed by atoms with E-state index in [0.29, 0.717) is 25.7 Å². The number of allylic oxidation sites excluding steroid dienone is 24. The van der Waals surface area contributed by atoms with Crippen LogP contribution in [0.15, 0.2) is 146 Å². The lowest BCUT2D eigenvalue weighted by Crippen LogP contribution is -2.61. The van der Waals surface area contributed by atoms with Gasteiger partial charge in [-0.2, -0.15) is 0 Å². The second-order valence-corrected chi connectivity index (χ2v) is 18.8. The Morgan fingerprint density at radius 3 is 1.25 bits per heavy atom. The molecule has 0 radical (unpaired) electrons. The standard InChI is InChI=1S/C65H98O12/c1-4-7-10-13-16-19-22-25-27-28-29-30-32-35-38-41-44-47-50-53-59(68)76-63-61(70)60(69)62(64(71)72)77-65(63)74-55-56(75-58(67)52-49-46-43-40-37-33-24-21-18-15-12-9-6-3)54-73-57(66)51-48-45-42-39-36-34-31-26-23-20-17-14-11-8-5-2/h7-12,16-21,25-27,29-31,33,35,37-38,44,47,56,60-63,65,69-70H,4-6,13-15,22-24,28,32,34,36,39-43,45-46,48-55H2,1-3H3,(H,71,72)/b10-7-,11-8-,12-9-,19-16-,20-17-,21-18-,27-25-,30-29-,31-26-,37-33-,38-35-,47-44-. The summed E-state index contributed by atoms with van der Waals surface area (Å²) in [5.74, 6) is -3.32. The number of esters is 3. The first kappa shape index (κ1) is 69.6. The van der Waals surface area contributed by atoms with E-state index in [9.17, 15) is 34.5 Å². The van der Waals surface area contributed by atoms with Gasteiger partial charge in [0.15, 0.2) is 24.6 Å². The van der Waals surface area contributed by atoms with E-state index < -0.39 is 67.3 Å². The van der Waals surface area contributed by atoms with Crippen LogP contribution in [0.4, 0.5) is 0 Å². The van der Waals surface area contributed by atoms with E-state index in [1.807, 2.05) is 18.2 Å². The Labute approximate surface area is 463 Å². The van der Waals surface area contributed by atoms with Crippen LogP contribution in [0, 0.1) is 0 Å². The number of carboxylic acids is 1. The van der Waals surface area contributed by atoms with Crippen LogP contribution in [0.25, 0.3) is 0 Å². The minimum Gasteiger partial charge on any atom is -0.479 e. The zero-order valence-corrected chi connectivity index (χ0v) is 47.1. The second kappa shape index (κ2) is 51.4. The van der Waals surface area contributed by atoms with Crippen LogP contribution in [0.5, 0.6) is 0 Å². The topological polar surface area (TPSA) is 175 Å². The van der Waals surface area contributed by atoms with E-state index in [-0.39, 0.29) is 25.9 Å². The zero-order chi connectivity index (χ0) is 56.1. The van der Waals surface area contributed by atoms with Crippen LogP contribution in [0.2, 0.25) is 0 Å². The van der Waals surface area contributed by atoms with Crippen molar-refractivity contribution in [1.82, 2.24) is 0 Å². The van der Waals surface area contributed by atoms with Crippen LogP contribution in [-0.2, 0) is 42.9 Å². The molecule has 77 heavy (non-hydrogen) atoms. The molecular weight excluding hydrogens is 973 g/mol. The molecule has 430 valence electrons. The highest BCUT2D eigenvalue weighted by Crippen LogP contribution is 2.26. The molecule has 12 heteroatoms. The summed E-state index contributed by atoms with van der Waals surface area (Å²) in [6.07, 6.45) is 61.2. The summed E-state index contributed by atoms with van der Waals surface area (Å²) in [6.45, 7) is 5.55. The molecule has 1 aliphatic rings. The smallest absolute Gasteiger partial charge is 0.335 e. The van der Waals surface area contributed by atoms with Crippen molar-refractivity contribution in [2.75, 3.05) is 13.2 Å². The highest BCUT2D eigenvalue weighted by Gasteiger charge is 2.50. The minimum absolute atomic E-state index is 0.0786. The van der Waals surface area contributed by atoms with E-state index in [0.717, 1.165) is 122 Å². The summed E-state index contributed by atoms with van der Waals surface area (Å²) < 4.78 is 28.2. The van der Waals surface area contributed by atoms with Gasteiger partial charge in [-0.25, -0.2) is 4.79 Å². The van der Waals surface area contributed by atoms with E-state index in [1.165, 1.54) is 0 Å². The lowest BCUT2D eigenvalue weighted by atomic mass is 9.98.